The van der Waals surface area contributed by atoms with E-state index in [0.29, 0.717) is 0 Å². The van der Waals surface area contributed by atoms with Gasteiger partial charge in [-0.05, 0) is 30.9 Å². The van der Waals surface area contributed by atoms with Gasteiger partial charge in [-0.3, -0.25) is 0 Å². The largest absolute Gasteiger partial charge is 0.339 e. The molecule has 2 heterocycles. The van der Waals surface area contributed by atoms with E-state index < -0.39 is 0 Å². The summed E-state index contributed by atoms with van der Waals surface area (Å²) in [5.74, 6) is 0. The second-order valence-electron chi connectivity index (χ2n) is 4.53. The molecule has 0 atom stereocenters. The lowest BCUT2D eigenvalue weighted by atomic mass is 10.3. The maximum atomic E-state index is 4.67. The number of nitrogens with zero attached hydrogens (tertiary/aromatic N) is 2. The quantitative estimate of drug-likeness (QED) is 0.798. The Morgan fingerprint density at radius 2 is 2.16 bits per heavy atom. The highest BCUT2D eigenvalue weighted by Gasteiger charge is 2.17. The molecule has 1 aromatic carbocycles. The molecule has 0 saturated carbocycles. The summed E-state index contributed by atoms with van der Waals surface area (Å²) >= 11 is 3.55. The van der Waals surface area contributed by atoms with Crippen LogP contribution >= 0.6 is 23.1 Å². The number of aromatic nitrogens is 1. The second kappa shape index (κ2) is 5.39. The molecule has 0 radical (unpaired) electrons. The number of para-hydroxylation sites is 1. The minimum atomic E-state index is 1.08. The Morgan fingerprint density at radius 1 is 1.32 bits per heavy atom. The summed E-state index contributed by atoms with van der Waals surface area (Å²) in [6, 6.07) is 8.31. The second-order valence-corrected chi connectivity index (χ2v) is 6.48. The van der Waals surface area contributed by atoms with Crippen molar-refractivity contribution in [3.63, 3.8) is 0 Å². The molecule has 0 unspecified atom stereocenters. The van der Waals surface area contributed by atoms with E-state index in [1.54, 1.807) is 23.1 Å². The van der Waals surface area contributed by atoms with Crippen LogP contribution in [0.5, 0.6) is 0 Å². The predicted molar refractivity (Wildman–Crippen MR) is 85.9 cm³/mol. The smallest absolute Gasteiger partial charge is 0.119 e. The molecule has 98 valence electrons. The molecule has 0 N–H and O–H groups in total. The standard InChI is InChI=1S/C15H16N2S2/c1-3-8-17-11(2)10-18-15(17)9-14-16-12-6-4-5-7-13(12)19-14/h4-7,9-10H,3,8H2,1-2H3. The van der Waals surface area contributed by atoms with Crippen LogP contribution in [0.2, 0.25) is 0 Å². The lowest BCUT2D eigenvalue weighted by Gasteiger charge is -2.20. The molecule has 3 rings (SSSR count). The van der Waals surface area contributed by atoms with Gasteiger partial charge >= 0.3 is 0 Å². The van der Waals surface area contributed by atoms with Crippen molar-refractivity contribution in [2.75, 3.05) is 6.54 Å². The molecule has 0 saturated heterocycles. The molecular weight excluding hydrogens is 272 g/mol. The zero-order valence-electron chi connectivity index (χ0n) is 11.1. The van der Waals surface area contributed by atoms with E-state index in [-0.39, 0.29) is 0 Å². The van der Waals surface area contributed by atoms with Crippen molar-refractivity contribution in [1.29, 1.82) is 0 Å². The van der Waals surface area contributed by atoms with E-state index in [4.69, 9.17) is 0 Å². The Kier molecular flexibility index (Phi) is 3.62. The first kappa shape index (κ1) is 12.8. The van der Waals surface area contributed by atoms with Crippen LogP contribution in [0.1, 0.15) is 25.3 Å². The van der Waals surface area contributed by atoms with Crippen LogP contribution in [0.3, 0.4) is 0 Å². The minimum Gasteiger partial charge on any atom is -0.339 e. The van der Waals surface area contributed by atoms with E-state index in [1.165, 1.54) is 15.4 Å². The third kappa shape index (κ3) is 2.55. The fourth-order valence-corrected chi connectivity index (χ4v) is 4.07. The number of fused-ring (bicyclic) bond motifs is 1. The average Bonchev–Trinajstić information content (AvgIpc) is 2.96. The summed E-state index contributed by atoms with van der Waals surface area (Å²) in [5.41, 5.74) is 2.42. The highest BCUT2D eigenvalue weighted by atomic mass is 32.2. The fraction of sp³-hybridized carbons (Fsp3) is 0.267. The van der Waals surface area contributed by atoms with Crippen LogP contribution in [0.15, 0.2) is 40.4 Å². The van der Waals surface area contributed by atoms with E-state index >= 15 is 0 Å². The van der Waals surface area contributed by atoms with Crippen molar-refractivity contribution in [2.24, 2.45) is 0 Å². The highest BCUT2D eigenvalue weighted by Crippen LogP contribution is 2.36. The van der Waals surface area contributed by atoms with Crippen molar-refractivity contribution >= 4 is 39.4 Å². The SMILES string of the molecule is CCCN1C(C)=CSC1=Cc1nc2ccccc2s1. The molecule has 2 aromatic rings. The van der Waals surface area contributed by atoms with Crippen molar-refractivity contribution in [1.82, 2.24) is 9.88 Å². The van der Waals surface area contributed by atoms with Crippen molar-refractivity contribution in [3.05, 3.63) is 45.4 Å². The molecule has 0 bridgehead atoms. The molecule has 1 aromatic heterocycles. The van der Waals surface area contributed by atoms with Crippen LogP contribution in [-0.2, 0) is 0 Å². The Hall–Kier alpha value is -1.26. The van der Waals surface area contributed by atoms with Gasteiger partial charge in [0.15, 0.2) is 0 Å². The summed E-state index contributed by atoms with van der Waals surface area (Å²) < 4.78 is 1.25. The van der Waals surface area contributed by atoms with Gasteiger partial charge in [0.1, 0.15) is 5.01 Å². The van der Waals surface area contributed by atoms with Crippen LogP contribution < -0.4 is 0 Å². The van der Waals surface area contributed by atoms with Crippen molar-refractivity contribution in [2.45, 2.75) is 20.3 Å². The van der Waals surface area contributed by atoms with Crippen molar-refractivity contribution < 1.29 is 0 Å². The summed E-state index contributed by atoms with van der Waals surface area (Å²) in [7, 11) is 0. The average molecular weight is 288 g/mol. The molecule has 2 nitrogen and oxygen atoms in total. The zero-order chi connectivity index (χ0) is 13.2. The molecule has 0 fully saturated rings. The van der Waals surface area contributed by atoms with Gasteiger partial charge in [0.2, 0.25) is 0 Å². The first-order valence-electron chi connectivity index (χ1n) is 6.46. The molecule has 0 spiro atoms. The maximum absolute atomic E-state index is 4.67. The van der Waals surface area contributed by atoms with Gasteiger partial charge in [0.05, 0.1) is 15.2 Å². The monoisotopic (exact) mass is 288 g/mol. The lowest BCUT2D eigenvalue weighted by molar-refractivity contribution is 0.462. The Balaban J connectivity index is 1.92. The predicted octanol–water partition coefficient (Wildman–Crippen LogP) is 4.91. The summed E-state index contributed by atoms with van der Waals surface area (Å²) in [4.78, 5) is 7.05. The fourth-order valence-electron chi connectivity index (χ4n) is 2.13. The van der Waals surface area contributed by atoms with Crippen molar-refractivity contribution in [3.8, 4) is 0 Å². The maximum Gasteiger partial charge on any atom is 0.119 e. The Bertz CT molecular complexity index is 622. The van der Waals surface area contributed by atoms with Gasteiger partial charge in [-0.2, -0.15) is 0 Å². The van der Waals surface area contributed by atoms with E-state index in [0.717, 1.165) is 23.5 Å². The first-order chi connectivity index (χ1) is 9.28. The van der Waals surface area contributed by atoms with Crippen LogP contribution in [0, 0.1) is 0 Å². The number of allylic oxidation sites excluding steroid dienone is 1. The topological polar surface area (TPSA) is 16.1 Å². The molecule has 19 heavy (non-hydrogen) atoms. The Morgan fingerprint density at radius 3 is 2.95 bits per heavy atom. The van der Waals surface area contributed by atoms with E-state index in [1.807, 2.05) is 6.07 Å². The van der Waals surface area contributed by atoms with Gasteiger partial charge < -0.3 is 4.90 Å². The summed E-state index contributed by atoms with van der Waals surface area (Å²) in [5, 5.41) is 4.60. The third-order valence-corrected chi connectivity index (χ3v) is 5.07. The Labute approximate surface area is 121 Å². The number of thioether (sulfide) groups is 1. The normalized spacial score (nSPS) is 17.5. The number of thiazole rings is 1. The lowest BCUT2D eigenvalue weighted by Crippen LogP contribution is -2.16. The molecule has 4 heteroatoms. The summed E-state index contributed by atoms with van der Waals surface area (Å²) in [6.07, 6.45) is 3.36. The van der Waals surface area contributed by atoms with Crippen LogP contribution in [0.4, 0.5) is 0 Å². The van der Waals surface area contributed by atoms with E-state index in [2.05, 4.69) is 53.4 Å². The van der Waals surface area contributed by atoms with Gasteiger partial charge in [-0.1, -0.05) is 30.8 Å². The highest BCUT2D eigenvalue weighted by molar-refractivity contribution is 8.06. The summed E-state index contributed by atoms with van der Waals surface area (Å²) in [6.45, 7) is 5.46. The van der Waals surface area contributed by atoms with E-state index in [9.17, 15) is 0 Å². The molecule has 0 aliphatic carbocycles. The number of hydrogen-bond acceptors (Lipinski definition) is 4. The number of hydrogen-bond donors (Lipinski definition) is 0. The van der Waals surface area contributed by atoms with Gasteiger partial charge in [0, 0.05) is 18.3 Å². The van der Waals surface area contributed by atoms with Crippen LogP contribution in [-0.4, -0.2) is 16.4 Å². The molecular formula is C15H16N2S2. The van der Waals surface area contributed by atoms with Gasteiger partial charge in [-0.15, -0.1) is 11.3 Å². The van der Waals surface area contributed by atoms with Gasteiger partial charge in [0.25, 0.3) is 0 Å². The molecule has 0 amide bonds. The number of benzene rings is 1. The third-order valence-electron chi connectivity index (χ3n) is 3.05. The van der Waals surface area contributed by atoms with Crippen LogP contribution in [0.25, 0.3) is 16.3 Å². The molecule has 1 aliphatic rings. The van der Waals surface area contributed by atoms with Gasteiger partial charge in [-0.25, -0.2) is 4.98 Å². The first-order valence-corrected chi connectivity index (χ1v) is 8.16. The zero-order valence-corrected chi connectivity index (χ0v) is 12.7. The number of rotatable bonds is 3. The molecule has 1 aliphatic heterocycles. The minimum absolute atomic E-state index is 1.08.